The molecule has 2 aromatic rings. The summed E-state index contributed by atoms with van der Waals surface area (Å²) in [5.74, 6) is 1.34. The number of carbonyl (C=O) groups excluding carboxylic acids is 1. The molecule has 2 heterocycles. The van der Waals surface area contributed by atoms with E-state index in [1.165, 1.54) is 12.5 Å². The van der Waals surface area contributed by atoms with Gasteiger partial charge in [-0.15, -0.1) is 0 Å². The van der Waals surface area contributed by atoms with Crippen LogP contribution in [0.15, 0.2) is 48.5 Å². The normalized spacial score (nSPS) is 26.5. The highest BCUT2D eigenvalue weighted by Gasteiger charge is 2.56. The number of carbonyl (C=O) groups is 1. The number of piperidine rings is 1. The fourth-order valence-corrected chi connectivity index (χ4v) is 4.87. The number of nitrogens with one attached hydrogen (secondary N) is 1. The predicted octanol–water partition coefficient (Wildman–Crippen LogP) is 4.80. The van der Waals surface area contributed by atoms with Crippen LogP contribution in [0.3, 0.4) is 0 Å². The van der Waals surface area contributed by atoms with Crippen LogP contribution in [-0.4, -0.2) is 38.7 Å². The summed E-state index contributed by atoms with van der Waals surface area (Å²) in [6.45, 7) is 3.39. The van der Waals surface area contributed by atoms with Crippen molar-refractivity contribution in [3.8, 4) is 0 Å². The summed E-state index contributed by atoms with van der Waals surface area (Å²) in [6.07, 6.45) is 2.63. The minimum atomic E-state index is -0.604. The highest BCUT2D eigenvalue weighted by Crippen LogP contribution is 2.53. The Hall–Kier alpha value is -2.64. The maximum atomic E-state index is 14.8. The summed E-state index contributed by atoms with van der Waals surface area (Å²) in [4.78, 5) is 14.1. The third-order valence-electron chi connectivity index (χ3n) is 6.73. The van der Waals surface area contributed by atoms with Gasteiger partial charge in [0.2, 0.25) is 0 Å². The fraction of sp³-hybridized carbons (Fsp3) is 0.480. The molecule has 170 valence electrons. The second-order valence-corrected chi connectivity index (χ2v) is 8.88. The van der Waals surface area contributed by atoms with Crippen LogP contribution >= 0.6 is 0 Å². The zero-order valence-corrected chi connectivity index (χ0v) is 18.0. The van der Waals surface area contributed by atoms with Crippen LogP contribution in [0.2, 0.25) is 0 Å². The van der Waals surface area contributed by atoms with E-state index in [0.717, 1.165) is 44.7 Å². The lowest BCUT2D eigenvalue weighted by Gasteiger charge is -2.25. The van der Waals surface area contributed by atoms with E-state index >= 15 is 0 Å². The van der Waals surface area contributed by atoms with Crippen LogP contribution in [0.5, 0.6) is 0 Å². The van der Waals surface area contributed by atoms with Crippen LogP contribution in [0.4, 0.5) is 20.6 Å². The van der Waals surface area contributed by atoms with Gasteiger partial charge < -0.3 is 19.1 Å². The maximum Gasteiger partial charge on any atom is 0.411 e. The monoisotopic (exact) mass is 440 g/mol. The zero-order chi connectivity index (χ0) is 21.9. The first kappa shape index (κ1) is 21.2. The summed E-state index contributed by atoms with van der Waals surface area (Å²) < 4.78 is 31.5. The molecule has 0 spiro atoms. The first-order valence-corrected chi connectivity index (χ1v) is 11.4. The number of hydrogen-bond donors (Lipinski definition) is 1. The molecule has 4 atom stereocenters. The zero-order valence-electron chi connectivity index (χ0n) is 18.0. The number of rotatable bonds is 7. The van der Waals surface area contributed by atoms with Gasteiger partial charge in [0.15, 0.2) is 6.29 Å². The summed E-state index contributed by atoms with van der Waals surface area (Å²) in [5, 5.41) is 2.60. The third-order valence-corrected chi connectivity index (χ3v) is 6.73. The van der Waals surface area contributed by atoms with Crippen molar-refractivity contribution in [2.45, 2.75) is 32.2 Å². The van der Waals surface area contributed by atoms with Gasteiger partial charge in [0.25, 0.3) is 0 Å². The van der Waals surface area contributed by atoms with E-state index in [2.05, 4.69) is 10.2 Å². The average molecular weight is 441 g/mol. The third kappa shape index (κ3) is 4.89. The van der Waals surface area contributed by atoms with Crippen molar-refractivity contribution in [1.29, 1.82) is 0 Å². The molecule has 0 aromatic heterocycles. The minimum Gasteiger partial charge on any atom is -0.444 e. The summed E-state index contributed by atoms with van der Waals surface area (Å²) in [5.41, 5.74) is 1.86. The van der Waals surface area contributed by atoms with Gasteiger partial charge in [-0.3, -0.25) is 5.32 Å². The summed E-state index contributed by atoms with van der Waals surface area (Å²) in [6, 6.07) is 14.2. The van der Waals surface area contributed by atoms with E-state index in [-0.39, 0.29) is 18.7 Å². The van der Waals surface area contributed by atoms with E-state index in [1.807, 2.05) is 30.3 Å². The lowest BCUT2D eigenvalue weighted by molar-refractivity contribution is -0.165. The molecule has 1 saturated carbocycles. The van der Waals surface area contributed by atoms with Gasteiger partial charge in [-0.2, -0.15) is 0 Å². The van der Waals surface area contributed by atoms with Crippen LogP contribution in [0, 0.1) is 23.6 Å². The quantitative estimate of drug-likeness (QED) is 0.670. The van der Waals surface area contributed by atoms with Crippen LogP contribution in [-0.2, 0) is 20.8 Å². The molecule has 3 fully saturated rings. The topological polar surface area (TPSA) is 60.0 Å². The summed E-state index contributed by atoms with van der Waals surface area (Å²) in [7, 11) is 0. The highest BCUT2D eigenvalue weighted by atomic mass is 19.1. The Balaban J connectivity index is 1.08. The van der Waals surface area contributed by atoms with Gasteiger partial charge in [-0.1, -0.05) is 30.3 Å². The highest BCUT2D eigenvalue weighted by molar-refractivity contribution is 5.85. The lowest BCUT2D eigenvalue weighted by Crippen LogP contribution is -2.28. The predicted molar refractivity (Wildman–Crippen MR) is 119 cm³/mol. The number of benzene rings is 2. The van der Waals surface area contributed by atoms with E-state index in [0.29, 0.717) is 29.1 Å². The van der Waals surface area contributed by atoms with Gasteiger partial charge in [0, 0.05) is 25.4 Å². The molecule has 5 rings (SSSR count). The minimum absolute atomic E-state index is 0.0435. The van der Waals surface area contributed by atoms with Crippen LogP contribution < -0.4 is 10.2 Å². The molecule has 0 bridgehead atoms. The second-order valence-electron chi connectivity index (χ2n) is 8.88. The second kappa shape index (κ2) is 9.46. The molecule has 6 nitrogen and oxygen atoms in total. The first-order valence-electron chi connectivity index (χ1n) is 11.4. The van der Waals surface area contributed by atoms with Crippen molar-refractivity contribution in [3.05, 3.63) is 59.9 Å². The number of fused-ring (bicyclic) bond motifs is 1. The molecule has 2 aliphatic heterocycles. The average Bonchev–Trinajstić information content (AvgIpc) is 3.26. The van der Waals surface area contributed by atoms with Crippen LogP contribution in [0.1, 0.15) is 24.8 Å². The standard InChI is InChI=1S/C25H29FN2O4/c26-22-12-18(27-25(29)32-15-17-6-2-1-3-7-17)9-10-23(22)28-13-19-20(14-28)21(19)16-31-24-8-4-5-11-30-24/h1-3,6-7,9-10,12,19-21,24H,4-5,8,11,13-16H2,(H,27,29)/t19-,20+,21+,24?. The van der Waals surface area contributed by atoms with Crippen molar-refractivity contribution in [2.24, 2.45) is 17.8 Å². The molecule has 7 heteroatoms. The molecular weight excluding hydrogens is 411 g/mol. The van der Waals surface area contributed by atoms with Crippen molar-refractivity contribution in [3.63, 3.8) is 0 Å². The molecule has 0 radical (unpaired) electrons. The molecule has 2 aromatic carbocycles. The molecule has 1 unspecified atom stereocenters. The Morgan fingerprint density at radius 1 is 1.12 bits per heavy atom. The first-order chi connectivity index (χ1) is 15.7. The van der Waals surface area contributed by atoms with E-state index in [1.54, 1.807) is 12.1 Å². The van der Waals surface area contributed by atoms with Gasteiger partial charge in [-0.25, -0.2) is 9.18 Å². The van der Waals surface area contributed by atoms with Crippen molar-refractivity contribution < 1.29 is 23.4 Å². The largest absolute Gasteiger partial charge is 0.444 e. The number of ether oxygens (including phenoxy) is 3. The molecule has 2 saturated heterocycles. The summed E-state index contributed by atoms with van der Waals surface area (Å²) >= 11 is 0. The molecule has 1 aliphatic carbocycles. The van der Waals surface area contributed by atoms with Crippen molar-refractivity contribution >= 4 is 17.5 Å². The molecule has 32 heavy (non-hydrogen) atoms. The Labute approximate surface area is 187 Å². The molecule has 1 amide bonds. The molecule has 3 aliphatic rings. The maximum absolute atomic E-state index is 14.8. The number of halogens is 1. The molecule has 1 N–H and O–H groups in total. The van der Waals surface area contributed by atoms with E-state index < -0.39 is 6.09 Å². The van der Waals surface area contributed by atoms with E-state index in [9.17, 15) is 9.18 Å². The van der Waals surface area contributed by atoms with Gasteiger partial charge in [0.05, 0.1) is 12.3 Å². The number of nitrogens with zero attached hydrogens (tertiary/aromatic N) is 1. The van der Waals surface area contributed by atoms with Gasteiger partial charge in [-0.05, 0) is 60.8 Å². The van der Waals surface area contributed by atoms with Gasteiger partial charge >= 0.3 is 6.09 Å². The Bertz CT molecular complexity index is 923. The van der Waals surface area contributed by atoms with E-state index in [4.69, 9.17) is 14.2 Å². The van der Waals surface area contributed by atoms with Crippen molar-refractivity contribution in [2.75, 3.05) is 36.5 Å². The SMILES string of the molecule is O=C(Nc1ccc(N2C[C@@H]3[C@@H](COC4CCCCO4)[C@@H]3C2)c(F)c1)OCc1ccccc1. The fourth-order valence-electron chi connectivity index (χ4n) is 4.87. The van der Waals surface area contributed by atoms with Gasteiger partial charge in [0.1, 0.15) is 12.4 Å². The number of anilines is 2. The Morgan fingerprint density at radius 2 is 1.94 bits per heavy atom. The Kier molecular flexibility index (Phi) is 6.28. The molecular formula is C25H29FN2O4. The Morgan fingerprint density at radius 3 is 2.66 bits per heavy atom. The van der Waals surface area contributed by atoms with Crippen LogP contribution in [0.25, 0.3) is 0 Å². The number of hydrogen-bond acceptors (Lipinski definition) is 5. The smallest absolute Gasteiger partial charge is 0.411 e. The lowest BCUT2D eigenvalue weighted by atomic mass is 10.2. The van der Waals surface area contributed by atoms with Crippen molar-refractivity contribution in [1.82, 2.24) is 0 Å². The number of amides is 1.